The first-order chi connectivity index (χ1) is 10.3. The number of nitrogens with zero attached hydrogens (tertiary/aromatic N) is 1. The van der Waals surface area contributed by atoms with Gasteiger partial charge in [0, 0.05) is 0 Å². The zero-order valence-electron chi connectivity index (χ0n) is 15.1. The molecule has 1 aromatic rings. The average Bonchev–Trinajstić information content (AvgIpc) is 2.52. The smallest absolute Gasteiger partial charge is 0.687 e. The van der Waals surface area contributed by atoms with Crippen molar-refractivity contribution in [3.05, 3.63) is 71.2 Å². The molecule has 0 amide bonds. The van der Waals surface area contributed by atoms with Crippen LogP contribution in [0.3, 0.4) is 0 Å². The first-order valence-electron chi connectivity index (χ1n) is 7.45. The Morgan fingerprint density at radius 3 is 2.30 bits per heavy atom. The quantitative estimate of drug-likeness (QED) is 0.425. The van der Waals surface area contributed by atoms with Crippen LogP contribution in [0.5, 0.6) is 5.75 Å². The van der Waals surface area contributed by atoms with Crippen LogP contribution >= 0.6 is 0 Å². The predicted molar refractivity (Wildman–Crippen MR) is 91.8 cm³/mol. The first kappa shape index (κ1) is 22.6. The maximum Gasteiger partial charge on any atom is 1.00 e. The molecule has 0 aromatic heterocycles. The number of hydrogen-bond donors (Lipinski definition) is 0. The number of rotatable bonds is 7. The van der Waals surface area contributed by atoms with E-state index in [-0.39, 0.29) is 62.6 Å². The molecular weight excluding hydrogens is 316 g/mol. The SMILES string of the molecule is C=C(Oc1ccc(C(C)(C)CC)cc1)/C(F)=C\C(=C/C)[N-]C.[K+]. The molecule has 0 fully saturated rings. The van der Waals surface area contributed by atoms with Crippen molar-refractivity contribution in [1.29, 1.82) is 0 Å². The zero-order valence-corrected chi connectivity index (χ0v) is 18.2. The van der Waals surface area contributed by atoms with E-state index < -0.39 is 5.83 Å². The Labute approximate surface area is 182 Å². The molecule has 1 rings (SSSR count). The summed E-state index contributed by atoms with van der Waals surface area (Å²) in [4.78, 5) is 0. The third-order valence-corrected chi connectivity index (χ3v) is 3.86. The number of hydrogen-bond acceptors (Lipinski definition) is 1. The Balaban J connectivity index is 0.00000484. The van der Waals surface area contributed by atoms with Crippen LogP contribution < -0.4 is 56.1 Å². The van der Waals surface area contributed by atoms with Gasteiger partial charge in [-0.1, -0.05) is 39.5 Å². The van der Waals surface area contributed by atoms with E-state index >= 15 is 0 Å². The second kappa shape index (κ2) is 10.5. The molecule has 0 unspecified atom stereocenters. The first-order valence-corrected chi connectivity index (χ1v) is 7.45. The molecule has 120 valence electrons. The second-order valence-corrected chi connectivity index (χ2v) is 5.72. The summed E-state index contributed by atoms with van der Waals surface area (Å²) < 4.78 is 19.4. The number of halogens is 1. The van der Waals surface area contributed by atoms with E-state index in [1.54, 1.807) is 20.0 Å². The minimum atomic E-state index is -0.531. The van der Waals surface area contributed by atoms with Gasteiger partial charge in [-0.15, -0.1) is 18.8 Å². The van der Waals surface area contributed by atoms with Crippen LogP contribution in [0.2, 0.25) is 0 Å². The van der Waals surface area contributed by atoms with Gasteiger partial charge >= 0.3 is 51.4 Å². The predicted octanol–water partition coefficient (Wildman–Crippen LogP) is 3.03. The summed E-state index contributed by atoms with van der Waals surface area (Å²) in [5, 5.41) is 3.93. The van der Waals surface area contributed by atoms with E-state index in [1.807, 2.05) is 24.3 Å². The molecular formula is C19H25FKNO. The van der Waals surface area contributed by atoms with Crippen LogP contribution in [0.15, 0.2) is 60.3 Å². The van der Waals surface area contributed by atoms with E-state index in [4.69, 9.17) is 4.74 Å². The van der Waals surface area contributed by atoms with Gasteiger partial charge in [-0.3, -0.25) is 0 Å². The Hall–Kier alpha value is -0.394. The van der Waals surface area contributed by atoms with Gasteiger partial charge in [0.05, 0.1) is 0 Å². The summed E-state index contributed by atoms with van der Waals surface area (Å²) >= 11 is 0. The number of ether oxygens (including phenoxy) is 1. The van der Waals surface area contributed by atoms with Gasteiger partial charge in [0.25, 0.3) is 0 Å². The maximum atomic E-state index is 14.0. The molecule has 0 heterocycles. The van der Waals surface area contributed by atoms with E-state index in [0.717, 1.165) is 6.42 Å². The van der Waals surface area contributed by atoms with E-state index in [1.165, 1.54) is 11.6 Å². The number of benzene rings is 1. The zero-order chi connectivity index (χ0) is 16.8. The molecule has 0 spiro atoms. The number of likely N-dealkylation sites (N-methyl/N-ethyl adjacent to an activating group) is 1. The van der Waals surface area contributed by atoms with Crippen molar-refractivity contribution in [3.63, 3.8) is 0 Å². The van der Waals surface area contributed by atoms with Gasteiger partial charge in [-0.05, 0) is 42.5 Å². The van der Waals surface area contributed by atoms with Crippen molar-refractivity contribution in [2.45, 2.75) is 39.5 Å². The summed E-state index contributed by atoms with van der Waals surface area (Å²) in [5.74, 6) is 0.0156. The fourth-order valence-corrected chi connectivity index (χ4v) is 1.86. The molecule has 0 saturated carbocycles. The normalized spacial score (nSPS) is 12.4. The van der Waals surface area contributed by atoms with Gasteiger partial charge in [-0.2, -0.15) is 0 Å². The van der Waals surface area contributed by atoms with Crippen LogP contribution in [0.25, 0.3) is 5.32 Å². The third-order valence-electron chi connectivity index (χ3n) is 3.86. The summed E-state index contributed by atoms with van der Waals surface area (Å²) in [6.07, 6.45) is 4.06. The minimum Gasteiger partial charge on any atom is -0.687 e. The molecule has 0 atom stereocenters. The monoisotopic (exact) mass is 341 g/mol. The fraction of sp³-hybridized carbons (Fsp3) is 0.368. The van der Waals surface area contributed by atoms with Gasteiger partial charge in [-0.25, -0.2) is 4.39 Å². The van der Waals surface area contributed by atoms with Crippen molar-refractivity contribution < 1.29 is 60.5 Å². The molecule has 0 aliphatic carbocycles. The number of allylic oxidation sites excluding steroid dienone is 3. The fourth-order valence-electron chi connectivity index (χ4n) is 1.86. The molecule has 0 saturated heterocycles. The molecule has 0 aliphatic heterocycles. The minimum absolute atomic E-state index is 0. The van der Waals surface area contributed by atoms with Crippen LogP contribution in [0.4, 0.5) is 4.39 Å². The molecule has 1 aromatic carbocycles. The van der Waals surface area contributed by atoms with Crippen molar-refractivity contribution in [2.24, 2.45) is 0 Å². The summed E-state index contributed by atoms with van der Waals surface area (Å²) in [6, 6.07) is 7.69. The molecule has 2 nitrogen and oxygen atoms in total. The summed E-state index contributed by atoms with van der Waals surface area (Å²) in [5.41, 5.74) is 1.89. The van der Waals surface area contributed by atoms with Gasteiger partial charge in [0.15, 0.2) is 11.6 Å². The van der Waals surface area contributed by atoms with E-state index in [2.05, 4.69) is 32.7 Å². The van der Waals surface area contributed by atoms with Crippen LogP contribution in [-0.4, -0.2) is 7.05 Å². The molecule has 0 N–H and O–H groups in total. The van der Waals surface area contributed by atoms with E-state index in [9.17, 15) is 4.39 Å². The Morgan fingerprint density at radius 1 is 1.30 bits per heavy atom. The third kappa shape index (κ3) is 6.94. The molecule has 0 bridgehead atoms. The van der Waals surface area contributed by atoms with Crippen LogP contribution in [-0.2, 0) is 5.41 Å². The average molecular weight is 342 g/mol. The maximum absolute atomic E-state index is 14.0. The van der Waals surface area contributed by atoms with Gasteiger partial charge < -0.3 is 10.1 Å². The molecule has 0 aliphatic rings. The summed E-state index contributed by atoms with van der Waals surface area (Å²) in [7, 11) is 1.61. The Morgan fingerprint density at radius 2 is 1.87 bits per heavy atom. The standard InChI is InChI=1S/C19H25FNO.K/c1-7-16(21-6)13-18(20)14(3)22-17-11-9-15(10-12-17)19(4,5)8-2;/h7,9-13H,3,8H2,1-2,4-6H3;/q-1;+1/b16-7+,18-13+;. The largest absolute Gasteiger partial charge is 1.00 e. The second-order valence-electron chi connectivity index (χ2n) is 5.72. The van der Waals surface area contributed by atoms with Gasteiger partial charge in [0.2, 0.25) is 0 Å². The van der Waals surface area contributed by atoms with Crippen molar-refractivity contribution in [3.8, 4) is 5.75 Å². The molecule has 4 heteroatoms. The molecule has 23 heavy (non-hydrogen) atoms. The Kier molecular flexibility index (Phi) is 10.3. The van der Waals surface area contributed by atoms with Crippen molar-refractivity contribution >= 4 is 0 Å². The topological polar surface area (TPSA) is 23.3 Å². The van der Waals surface area contributed by atoms with E-state index in [0.29, 0.717) is 11.4 Å². The van der Waals surface area contributed by atoms with Gasteiger partial charge in [0.1, 0.15) is 5.75 Å². The Bertz CT molecular complexity index is 574. The van der Waals surface area contributed by atoms with Crippen molar-refractivity contribution in [2.75, 3.05) is 7.05 Å². The van der Waals surface area contributed by atoms with Crippen LogP contribution in [0.1, 0.15) is 39.7 Å². The van der Waals surface area contributed by atoms with Crippen LogP contribution in [0, 0.1) is 0 Å². The van der Waals surface area contributed by atoms with Crippen molar-refractivity contribution in [1.82, 2.24) is 0 Å². The summed E-state index contributed by atoms with van der Waals surface area (Å²) in [6.45, 7) is 12.0. The molecule has 0 radical (unpaired) electrons.